The minimum absolute atomic E-state index is 0.00737. The SMILES string of the molecule is CC(C)OCCN(Cc1cc(O)c2c(c1Cl)C[C@H]1C[C@H]3[C@H](N(C)C)C(O)=C(C(N)=O)C(=O)[C@@]3(O)C(O)=C1C2=O)CC1CC1. The van der Waals surface area contributed by atoms with Gasteiger partial charge in [0.25, 0.3) is 5.91 Å². The van der Waals surface area contributed by atoms with Crippen LogP contribution in [0.5, 0.6) is 5.75 Å². The summed E-state index contributed by atoms with van der Waals surface area (Å²) in [5, 5.41) is 45.6. The summed E-state index contributed by atoms with van der Waals surface area (Å²) in [7, 11) is 3.18. The van der Waals surface area contributed by atoms with Crippen molar-refractivity contribution in [3.8, 4) is 5.75 Å². The second kappa shape index (κ2) is 11.5. The van der Waals surface area contributed by atoms with Crippen LogP contribution in [-0.2, 0) is 27.3 Å². The van der Waals surface area contributed by atoms with Crippen molar-refractivity contribution in [3.05, 3.63) is 50.4 Å². The van der Waals surface area contributed by atoms with Crippen LogP contribution in [0.1, 0.15) is 54.6 Å². The van der Waals surface area contributed by atoms with E-state index in [-0.39, 0.29) is 35.8 Å². The first-order chi connectivity index (χ1) is 20.2. The maximum absolute atomic E-state index is 13.9. The molecule has 0 radical (unpaired) electrons. The number of amides is 1. The number of halogens is 1. The number of fused-ring (bicyclic) bond motifs is 3. The van der Waals surface area contributed by atoms with E-state index in [2.05, 4.69) is 4.90 Å². The number of aromatic hydroxyl groups is 1. The van der Waals surface area contributed by atoms with Crippen LogP contribution < -0.4 is 5.73 Å². The van der Waals surface area contributed by atoms with Crippen LogP contribution in [0.15, 0.2) is 28.7 Å². The van der Waals surface area contributed by atoms with E-state index in [1.54, 1.807) is 14.1 Å². The monoisotopic (exact) mass is 617 g/mol. The van der Waals surface area contributed by atoms with Crippen LogP contribution in [0.3, 0.4) is 0 Å². The van der Waals surface area contributed by atoms with Gasteiger partial charge in [0.15, 0.2) is 11.4 Å². The molecule has 0 saturated heterocycles. The second-order valence-electron chi connectivity index (χ2n) is 12.8. The Labute approximate surface area is 255 Å². The summed E-state index contributed by atoms with van der Waals surface area (Å²) in [5.74, 6) is -6.26. The van der Waals surface area contributed by atoms with Crippen LogP contribution in [0.2, 0.25) is 5.02 Å². The lowest BCUT2D eigenvalue weighted by Crippen LogP contribution is -2.63. The summed E-state index contributed by atoms with van der Waals surface area (Å²) in [5.41, 5.74) is 2.66. The Hall–Kier alpha value is -2.96. The van der Waals surface area contributed by atoms with Crippen LogP contribution in [0, 0.1) is 17.8 Å². The third-order valence-electron chi connectivity index (χ3n) is 9.20. The van der Waals surface area contributed by atoms with E-state index in [9.17, 15) is 34.8 Å². The number of aliphatic hydroxyl groups excluding tert-OH is 2. The molecule has 4 aliphatic carbocycles. The van der Waals surface area contributed by atoms with Crippen molar-refractivity contribution >= 4 is 29.1 Å². The molecule has 0 bridgehead atoms. The molecule has 1 fully saturated rings. The highest BCUT2D eigenvalue weighted by atomic mass is 35.5. The summed E-state index contributed by atoms with van der Waals surface area (Å²) in [6, 6.07) is 0.407. The number of nitrogens with two attached hydrogens (primary N) is 1. The van der Waals surface area contributed by atoms with E-state index < -0.39 is 58.0 Å². The molecule has 234 valence electrons. The van der Waals surface area contributed by atoms with Crippen LogP contribution in [0.4, 0.5) is 0 Å². The Bertz CT molecular complexity index is 1430. The minimum Gasteiger partial charge on any atom is -0.510 e. The number of benzene rings is 1. The fraction of sp³-hybridized carbons (Fsp3) is 0.581. The zero-order valence-electron chi connectivity index (χ0n) is 24.9. The van der Waals surface area contributed by atoms with Gasteiger partial charge in [-0.15, -0.1) is 0 Å². The van der Waals surface area contributed by atoms with Crippen LogP contribution in [0.25, 0.3) is 0 Å². The summed E-state index contributed by atoms with van der Waals surface area (Å²) >= 11 is 6.95. The molecule has 43 heavy (non-hydrogen) atoms. The quantitative estimate of drug-likeness (QED) is 0.245. The largest absolute Gasteiger partial charge is 0.510 e. The van der Waals surface area contributed by atoms with Gasteiger partial charge in [0.2, 0.25) is 5.78 Å². The first kappa shape index (κ1) is 31.5. The zero-order valence-corrected chi connectivity index (χ0v) is 25.6. The average Bonchev–Trinajstić information content (AvgIpc) is 3.72. The van der Waals surface area contributed by atoms with Crippen molar-refractivity contribution in [1.29, 1.82) is 0 Å². The summed E-state index contributed by atoms with van der Waals surface area (Å²) in [6.45, 7) is 6.48. The number of carbonyl (C=O) groups excluding carboxylic acids is 3. The van der Waals surface area contributed by atoms with Gasteiger partial charge in [0.05, 0.1) is 24.3 Å². The first-order valence-corrected chi connectivity index (χ1v) is 15.1. The maximum atomic E-state index is 13.9. The van der Waals surface area contributed by atoms with Crippen molar-refractivity contribution < 1.29 is 39.5 Å². The highest BCUT2D eigenvalue weighted by molar-refractivity contribution is 6.33. The molecule has 0 aliphatic heterocycles. The number of Topliss-reactive ketones (excluding diaryl/α,β-unsaturated/α-hetero) is 2. The van der Waals surface area contributed by atoms with E-state index in [1.807, 2.05) is 13.8 Å². The Kier molecular flexibility index (Phi) is 8.43. The number of nitrogens with zero attached hydrogens (tertiary/aromatic N) is 2. The third-order valence-corrected chi connectivity index (χ3v) is 9.67. The van der Waals surface area contributed by atoms with Crippen molar-refractivity contribution in [3.63, 3.8) is 0 Å². The molecule has 1 aromatic rings. The topological polar surface area (TPSA) is 174 Å². The number of primary amides is 1. The number of carbonyl (C=O) groups is 3. The lowest BCUT2D eigenvalue weighted by molar-refractivity contribution is -0.148. The van der Waals surface area contributed by atoms with E-state index in [4.69, 9.17) is 22.1 Å². The van der Waals surface area contributed by atoms with Crippen molar-refractivity contribution in [2.45, 2.75) is 63.8 Å². The molecule has 5 rings (SSSR count). The number of phenolic OH excluding ortho intramolecular Hbond substituents is 1. The van der Waals surface area contributed by atoms with Crippen molar-refractivity contribution in [2.75, 3.05) is 33.8 Å². The average molecular weight is 618 g/mol. The van der Waals surface area contributed by atoms with Crippen molar-refractivity contribution in [2.24, 2.45) is 23.5 Å². The van der Waals surface area contributed by atoms with E-state index >= 15 is 0 Å². The van der Waals surface area contributed by atoms with Gasteiger partial charge in [-0.2, -0.15) is 0 Å². The fourth-order valence-corrected chi connectivity index (χ4v) is 7.31. The number of ketones is 2. The van der Waals surface area contributed by atoms with Gasteiger partial charge in [-0.1, -0.05) is 11.6 Å². The second-order valence-corrected chi connectivity index (χ2v) is 13.2. The first-order valence-electron chi connectivity index (χ1n) is 14.7. The molecular weight excluding hydrogens is 578 g/mol. The Morgan fingerprint density at radius 3 is 2.47 bits per heavy atom. The molecular formula is C31H40ClN3O8. The number of aliphatic hydroxyl groups is 3. The number of allylic oxidation sites excluding steroid dienone is 1. The molecule has 11 nitrogen and oxygen atoms in total. The predicted octanol–water partition coefficient (Wildman–Crippen LogP) is 2.41. The van der Waals surface area contributed by atoms with E-state index in [0.717, 1.165) is 19.4 Å². The number of ether oxygens (including phenoxy) is 1. The predicted molar refractivity (Wildman–Crippen MR) is 158 cm³/mol. The Balaban J connectivity index is 1.54. The number of hydrogen-bond acceptors (Lipinski definition) is 10. The van der Waals surface area contributed by atoms with Gasteiger partial charge in [0.1, 0.15) is 22.8 Å². The van der Waals surface area contributed by atoms with Gasteiger partial charge in [-0.05, 0) is 82.7 Å². The lowest BCUT2D eigenvalue weighted by atomic mass is 9.58. The third kappa shape index (κ3) is 5.35. The van der Waals surface area contributed by atoms with E-state index in [0.29, 0.717) is 41.8 Å². The maximum Gasteiger partial charge on any atom is 0.255 e. The highest BCUT2D eigenvalue weighted by Crippen LogP contribution is 2.53. The molecule has 1 aromatic carbocycles. The molecule has 0 spiro atoms. The molecule has 0 aromatic heterocycles. The summed E-state index contributed by atoms with van der Waals surface area (Å²) < 4.78 is 5.76. The molecule has 4 atom stereocenters. The number of rotatable bonds is 10. The van der Waals surface area contributed by atoms with Gasteiger partial charge in [-0.3, -0.25) is 24.2 Å². The van der Waals surface area contributed by atoms with Crippen molar-refractivity contribution in [1.82, 2.24) is 9.80 Å². The lowest BCUT2D eigenvalue weighted by Gasteiger charge is -2.50. The Morgan fingerprint density at radius 2 is 1.88 bits per heavy atom. The summed E-state index contributed by atoms with van der Waals surface area (Å²) in [4.78, 5) is 43.2. The summed E-state index contributed by atoms with van der Waals surface area (Å²) in [6.07, 6.45) is 2.58. The molecule has 1 saturated carbocycles. The molecule has 12 heteroatoms. The highest BCUT2D eigenvalue weighted by Gasteiger charge is 2.63. The minimum atomic E-state index is -2.68. The molecule has 0 unspecified atom stereocenters. The fourth-order valence-electron chi connectivity index (χ4n) is 7.03. The van der Waals surface area contributed by atoms with E-state index in [1.165, 1.54) is 11.0 Å². The molecule has 4 aliphatic rings. The smallest absolute Gasteiger partial charge is 0.255 e. The standard InChI is InChI=1S/C31H40ClN3O8/c1-14(2)43-8-7-35(12-15-5-6-15)13-17-11-20(36)22-18(24(17)32)9-16-10-19-25(34(3)4)27(38)23(30(33)41)29(40)31(19,42)28(39)21(16)26(22)37/h11,14-16,19,25,36,38-39,42H,5-10,12-13H2,1-4H3,(H2,33,41)/t16-,19-,25-,31-/m0/s1. The number of likely N-dealkylation sites (N-methyl/N-ethyl adjacent to an activating group) is 1. The normalized spacial score (nSPS) is 27.2. The number of phenols is 1. The zero-order chi connectivity index (χ0) is 31.5. The van der Waals surface area contributed by atoms with Gasteiger partial charge in [0, 0.05) is 36.1 Å². The molecule has 6 N–H and O–H groups in total. The van der Waals surface area contributed by atoms with Gasteiger partial charge in [-0.25, -0.2) is 0 Å². The Morgan fingerprint density at radius 1 is 1.21 bits per heavy atom. The van der Waals surface area contributed by atoms with Crippen LogP contribution >= 0.6 is 11.6 Å². The van der Waals surface area contributed by atoms with Gasteiger partial charge < -0.3 is 30.9 Å². The van der Waals surface area contributed by atoms with Gasteiger partial charge >= 0.3 is 0 Å². The molecule has 0 heterocycles. The number of hydrogen-bond donors (Lipinski definition) is 5. The molecule has 1 amide bonds. The van der Waals surface area contributed by atoms with Crippen LogP contribution in [-0.4, -0.2) is 99.2 Å².